The van der Waals surface area contributed by atoms with Crippen molar-refractivity contribution in [1.29, 1.82) is 0 Å². The molecule has 0 unspecified atom stereocenters. The van der Waals surface area contributed by atoms with Gasteiger partial charge in [-0.1, -0.05) is 26.7 Å². The molecule has 2 N–H and O–H groups in total. The van der Waals surface area contributed by atoms with E-state index in [1.807, 2.05) is 24.3 Å². The zero-order valence-corrected chi connectivity index (χ0v) is 12.7. The Balaban J connectivity index is 1.85. The maximum absolute atomic E-state index is 12.1. The summed E-state index contributed by atoms with van der Waals surface area (Å²) in [5.41, 5.74) is 2.12. The number of carbonyl (C=O) groups is 1. The van der Waals surface area contributed by atoms with Crippen molar-refractivity contribution in [3.63, 3.8) is 0 Å². The second kappa shape index (κ2) is 6.78. The fourth-order valence-corrected chi connectivity index (χ4v) is 2.81. The lowest BCUT2D eigenvalue weighted by atomic mass is 9.89. The number of benzene rings is 1. The number of hydrogen-bond acceptors (Lipinski definition) is 2. The van der Waals surface area contributed by atoms with Gasteiger partial charge in [0.15, 0.2) is 0 Å². The predicted octanol–water partition coefficient (Wildman–Crippen LogP) is 3.82. The van der Waals surface area contributed by atoms with Crippen LogP contribution in [0, 0.1) is 5.41 Å². The topological polar surface area (TPSA) is 41.1 Å². The Hall–Kier alpha value is -1.51. The van der Waals surface area contributed by atoms with Crippen molar-refractivity contribution < 1.29 is 4.79 Å². The van der Waals surface area contributed by atoms with Gasteiger partial charge in [0, 0.05) is 24.3 Å². The summed E-state index contributed by atoms with van der Waals surface area (Å²) >= 11 is 0. The lowest BCUT2D eigenvalue weighted by Gasteiger charge is -2.23. The molecule has 1 aliphatic rings. The molecular formula is C17H26N2O. The van der Waals surface area contributed by atoms with Gasteiger partial charge in [0.2, 0.25) is 0 Å². The molecule has 1 fully saturated rings. The first-order chi connectivity index (χ1) is 9.63. The van der Waals surface area contributed by atoms with Crippen LogP contribution in [0.2, 0.25) is 0 Å². The van der Waals surface area contributed by atoms with Gasteiger partial charge in [0.05, 0.1) is 0 Å². The molecule has 3 nitrogen and oxygen atoms in total. The first-order valence-electron chi connectivity index (χ1n) is 7.75. The Morgan fingerprint density at radius 2 is 1.85 bits per heavy atom. The third-order valence-corrected chi connectivity index (χ3v) is 4.21. The van der Waals surface area contributed by atoms with Gasteiger partial charge in [0.25, 0.3) is 5.91 Å². The molecule has 0 aliphatic heterocycles. The van der Waals surface area contributed by atoms with Crippen LogP contribution in [0.15, 0.2) is 24.3 Å². The van der Waals surface area contributed by atoms with Gasteiger partial charge in [-0.25, -0.2) is 0 Å². The summed E-state index contributed by atoms with van der Waals surface area (Å²) in [5, 5.41) is 6.40. The second-order valence-corrected chi connectivity index (χ2v) is 6.20. The van der Waals surface area contributed by atoms with E-state index in [0.29, 0.717) is 5.41 Å². The SMILES string of the molecule is CCCNc1ccc(C(=O)NCC2(C)CCCC2)cc1. The molecule has 0 spiro atoms. The Bertz CT molecular complexity index is 433. The third kappa shape index (κ3) is 3.99. The van der Waals surface area contributed by atoms with Crippen molar-refractivity contribution in [3.8, 4) is 0 Å². The number of anilines is 1. The summed E-state index contributed by atoms with van der Waals surface area (Å²) in [6.07, 6.45) is 6.15. The van der Waals surface area contributed by atoms with E-state index in [1.54, 1.807) is 0 Å². The third-order valence-electron chi connectivity index (χ3n) is 4.21. The van der Waals surface area contributed by atoms with Gasteiger partial charge >= 0.3 is 0 Å². The normalized spacial score (nSPS) is 16.9. The fourth-order valence-electron chi connectivity index (χ4n) is 2.81. The molecule has 0 radical (unpaired) electrons. The lowest BCUT2D eigenvalue weighted by molar-refractivity contribution is 0.0934. The maximum atomic E-state index is 12.1. The van der Waals surface area contributed by atoms with Gasteiger partial charge in [-0.2, -0.15) is 0 Å². The van der Waals surface area contributed by atoms with Gasteiger partial charge in [-0.05, 0) is 48.9 Å². The minimum absolute atomic E-state index is 0.0418. The molecule has 3 heteroatoms. The molecule has 110 valence electrons. The van der Waals surface area contributed by atoms with Crippen molar-refractivity contribution in [2.75, 3.05) is 18.4 Å². The highest BCUT2D eigenvalue weighted by Crippen LogP contribution is 2.36. The molecule has 0 aromatic heterocycles. The quantitative estimate of drug-likeness (QED) is 0.828. The van der Waals surface area contributed by atoms with Gasteiger partial charge in [-0.15, -0.1) is 0 Å². The van der Waals surface area contributed by atoms with Crippen LogP contribution in [-0.2, 0) is 0 Å². The zero-order valence-electron chi connectivity index (χ0n) is 12.7. The summed E-state index contributed by atoms with van der Waals surface area (Å²) < 4.78 is 0. The average molecular weight is 274 g/mol. The molecule has 1 aromatic rings. The largest absolute Gasteiger partial charge is 0.385 e. The molecule has 1 aromatic carbocycles. The van der Waals surface area contributed by atoms with Gasteiger partial charge < -0.3 is 10.6 Å². The standard InChI is InChI=1S/C17H26N2O/c1-3-12-18-15-8-6-14(7-9-15)16(20)19-13-17(2)10-4-5-11-17/h6-9,18H,3-5,10-13H2,1-2H3,(H,19,20). The molecule has 1 aliphatic carbocycles. The zero-order chi connectivity index (χ0) is 14.4. The second-order valence-electron chi connectivity index (χ2n) is 6.20. The Labute approximate surface area is 122 Å². The average Bonchev–Trinajstić information content (AvgIpc) is 2.90. The van der Waals surface area contributed by atoms with Crippen LogP contribution >= 0.6 is 0 Å². The minimum Gasteiger partial charge on any atom is -0.385 e. The number of nitrogens with one attached hydrogen (secondary N) is 2. The summed E-state index contributed by atoms with van der Waals surface area (Å²) in [6.45, 7) is 6.17. The number of rotatable bonds is 6. The highest BCUT2D eigenvalue weighted by molar-refractivity contribution is 5.94. The maximum Gasteiger partial charge on any atom is 0.251 e. The molecule has 0 heterocycles. The Morgan fingerprint density at radius 3 is 2.45 bits per heavy atom. The number of carbonyl (C=O) groups excluding carboxylic acids is 1. The molecule has 0 bridgehead atoms. The Morgan fingerprint density at radius 1 is 1.20 bits per heavy atom. The van der Waals surface area contributed by atoms with Crippen molar-refractivity contribution in [2.24, 2.45) is 5.41 Å². The molecule has 1 amide bonds. The predicted molar refractivity (Wildman–Crippen MR) is 84.1 cm³/mol. The van der Waals surface area contributed by atoms with E-state index >= 15 is 0 Å². The fraction of sp³-hybridized carbons (Fsp3) is 0.588. The molecule has 0 saturated heterocycles. The van der Waals surface area contributed by atoms with Gasteiger partial charge in [-0.3, -0.25) is 4.79 Å². The van der Waals surface area contributed by atoms with E-state index in [-0.39, 0.29) is 5.91 Å². The van der Waals surface area contributed by atoms with Crippen LogP contribution in [0.4, 0.5) is 5.69 Å². The van der Waals surface area contributed by atoms with Crippen LogP contribution in [0.3, 0.4) is 0 Å². The van der Waals surface area contributed by atoms with Crippen LogP contribution in [0.5, 0.6) is 0 Å². The van der Waals surface area contributed by atoms with Crippen molar-refractivity contribution >= 4 is 11.6 Å². The number of hydrogen-bond donors (Lipinski definition) is 2. The first-order valence-corrected chi connectivity index (χ1v) is 7.75. The van der Waals surface area contributed by atoms with Crippen LogP contribution in [0.1, 0.15) is 56.3 Å². The van der Waals surface area contributed by atoms with E-state index in [1.165, 1.54) is 25.7 Å². The number of amides is 1. The smallest absolute Gasteiger partial charge is 0.251 e. The van der Waals surface area contributed by atoms with E-state index in [0.717, 1.165) is 30.8 Å². The minimum atomic E-state index is 0.0418. The Kier molecular flexibility index (Phi) is 5.05. The van der Waals surface area contributed by atoms with Crippen molar-refractivity contribution in [2.45, 2.75) is 46.0 Å². The van der Waals surface area contributed by atoms with Crippen molar-refractivity contribution in [1.82, 2.24) is 5.32 Å². The molecule has 0 atom stereocenters. The van der Waals surface area contributed by atoms with E-state index in [9.17, 15) is 4.79 Å². The molecule has 2 rings (SSSR count). The summed E-state index contributed by atoms with van der Waals surface area (Å²) in [4.78, 5) is 12.1. The lowest BCUT2D eigenvalue weighted by Crippen LogP contribution is -2.34. The van der Waals surface area contributed by atoms with E-state index in [2.05, 4.69) is 24.5 Å². The van der Waals surface area contributed by atoms with Crippen LogP contribution in [-0.4, -0.2) is 19.0 Å². The highest BCUT2D eigenvalue weighted by Gasteiger charge is 2.28. The van der Waals surface area contributed by atoms with Gasteiger partial charge in [0.1, 0.15) is 0 Å². The first kappa shape index (κ1) is 14.9. The van der Waals surface area contributed by atoms with Crippen LogP contribution < -0.4 is 10.6 Å². The summed E-state index contributed by atoms with van der Waals surface area (Å²) in [5.74, 6) is 0.0418. The highest BCUT2D eigenvalue weighted by atomic mass is 16.1. The van der Waals surface area contributed by atoms with E-state index in [4.69, 9.17) is 0 Å². The molecular weight excluding hydrogens is 248 g/mol. The molecule has 20 heavy (non-hydrogen) atoms. The monoisotopic (exact) mass is 274 g/mol. The van der Waals surface area contributed by atoms with Crippen molar-refractivity contribution in [3.05, 3.63) is 29.8 Å². The van der Waals surface area contributed by atoms with Crippen LogP contribution in [0.25, 0.3) is 0 Å². The molecule has 1 saturated carbocycles. The van der Waals surface area contributed by atoms with E-state index < -0.39 is 0 Å². The summed E-state index contributed by atoms with van der Waals surface area (Å²) in [6, 6.07) is 7.73. The summed E-state index contributed by atoms with van der Waals surface area (Å²) in [7, 11) is 0.